The molecule has 7 heteroatoms. The second-order valence-corrected chi connectivity index (χ2v) is 4.70. The minimum absolute atomic E-state index is 0.0597. The van der Waals surface area contributed by atoms with Gasteiger partial charge in [-0.25, -0.2) is 0 Å². The fourth-order valence-corrected chi connectivity index (χ4v) is 0.851. The van der Waals surface area contributed by atoms with E-state index in [0.717, 1.165) is 0 Å². The quantitative estimate of drug-likeness (QED) is 0.452. The van der Waals surface area contributed by atoms with E-state index in [2.05, 4.69) is 5.32 Å². The molecule has 0 aromatic rings. The first-order chi connectivity index (χ1) is 5.38. The maximum absolute atomic E-state index is 10.5. The Labute approximate surface area is 75.3 Å². The van der Waals surface area contributed by atoms with Gasteiger partial charge in [0, 0.05) is 6.54 Å². The van der Waals surface area contributed by atoms with Gasteiger partial charge in [0.2, 0.25) is 5.91 Å². The van der Waals surface area contributed by atoms with Crippen molar-refractivity contribution in [1.29, 1.82) is 0 Å². The first-order valence-electron chi connectivity index (χ1n) is 3.25. The van der Waals surface area contributed by atoms with Crippen LogP contribution in [0.2, 0.25) is 0 Å². The SMILES string of the molecule is CC(CNC(=O)CCl)P(=O)(O)O. The van der Waals surface area contributed by atoms with Crippen molar-refractivity contribution >= 4 is 25.1 Å². The molecule has 0 aliphatic rings. The van der Waals surface area contributed by atoms with E-state index < -0.39 is 19.2 Å². The van der Waals surface area contributed by atoms with E-state index in [9.17, 15) is 9.36 Å². The van der Waals surface area contributed by atoms with Gasteiger partial charge in [0.25, 0.3) is 0 Å². The summed E-state index contributed by atoms with van der Waals surface area (Å²) in [4.78, 5) is 27.7. The highest BCUT2D eigenvalue weighted by Gasteiger charge is 2.23. The van der Waals surface area contributed by atoms with Crippen LogP contribution in [0.5, 0.6) is 0 Å². The van der Waals surface area contributed by atoms with E-state index in [1.165, 1.54) is 6.92 Å². The first kappa shape index (κ1) is 11.9. The smallest absolute Gasteiger partial charge is 0.330 e. The van der Waals surface area contributed by atoms with Gasteiger partial charge in [0.15, 0.2) is 0 Å². The van der Waals surface area contributed by atoms with Crippen molar-refractivity contribution in [3.8, 4) is 0 Å². The fraction of sp³-hybridized carbons (Fsp3) is 0.800. The summed E-state index contributed by atoms with van der Waals surface area (Å²) in [7, 11) is -4.08. The van der Waals surface area contributed by atoms with Crippen LogP contribution in [0.1, 0.15) is 6.92 Å². The average Bonchev–Trinajstić information content (AvgIpc) is 1.97. The Kier molecular flexibility index (Phi) is 4.78. The third-order valence-electron chi connectivity index (χ3n) is 1.29. The zero-order valence-electron chi connectivity index (χ0n) is 6.53. The Morgan fingerprint density at radius 1 is 1.67 bits per heavy atom. The second-order valence-electron chi connectivity index (χ2n) is 2.38. The Bertz CT molecular complexity index is 204. The summed E-state index contributed by atoms with van der Waals surface area (Å²) in [5, 5.41) is 2.28. The summed E-state index contributed by atoms with van der Waals surface area (Å²) in [6, 6.07) is 0. The van der Waals surface area contributed by atoms with Crippen molar-refractivity contribution in [3.05, 3.63) is 0 Å². The molecule has 0 aliphatic carbocycles. The third-order valence-corrected chi connectivity index (χ3v) is 2.86. The molecular weight excluding hydrogens is 204 g/mol. The maximum Gasteiger partial charge on any atom is 0.330 e. The lowest BCUT2D eigenvalue weighted by Crippen LogP contribution is -2.31. The Morgan fingerprint density at radius 3 is 2.50 bits per heavy atom. The molecule has 0 aromatic carbocycles. The minimum Gasteiger partial charge on any atom is -0.354 e. The van der Waals surface area contributed by atoms with Gasteiger partial charge in [0.05, 0.1) is 5.66 Å². The van der Waals surface area contributed by atoms with Crippen LogP contribution in [0.25, 0.3) is 0 Å². The van der Waals surface area contributed by atoms with Gasteiger partial charge in [-0.05, 0) is 6.92 Å². The summed E-state index contributed by atoms with van der Waals surface area (Å²) >= 11 is 5.14. The van der Waals surface area contributed by atoms with Gasteiger partial charge in [-0.15, -0.1) is 11.6 Å². The highest BCUT2D eigenvalue weighted by Crippen LogP contribution is 2.40. The van der Waals surface area contributed by atoms with Crippen LogP contribution in [0.4, 0.5) is 0 Å². The average molecular weight is 216 g/mol. The van der Waals surface area contributed by atoms with E-state index in [1.54, 1.807) is 0 Å². The molecule has 0 spiro atoms. The monoisotopic (exact) mass is 215 g/mol. The zero-order chi connectivity index (χ0) is 9.78. The van der Waals surface area contributed by atoms with Gasteiger partial charge in [-0.3, -0.25) is 9.36 Å². The Balaban J connectivity index is 3.80. The van der Waals surface area contributed by atoms with Crippen molar-refractivity contribution in [1.82, 2.24) is 5.32 Å². The highest BCUT2D eigenvalue weighted by atomic mass is 35.5. The molecule has 1 atom stereocenters. The summed E-state index contributed by atoms with van der Waals surface area (Å²) in [6.07, 6.45) is 0. The molecule has 12 heavy (non-hydrogen) atoms. The highest BCUT2D eigenvalue weighted by molar-refractivity contribution is 7.52. The molecule has 0 bridgehead atoms. The third kappa shape index (κ3) is 4.72. The molecular formula is C5H11ClNO4P. The molecule has 0 rings (SSSR count). The zero-order valence-corrected chi connectivity index (χ0v) is 8.18. The number of carbonyl (C=O) groups is 1. The molecule has 1 unspecified atom stereocenters. The van der Waals surface area contributed by atoms with E-state index >= 15 is 0 Å². The predicted octanol–water partition coefficient (Wildman–Crippen LogP) is -0.0924. The van der Waals surface area contributed by atoms with Crippen LogP contribution in [0.15, 0.2) is 0 Å². The first-order valence-corrected chi connectivity index (χ1v) is 5.47. The molecule has 0 heterocycles. The van der Waals surface area contributed by atoms with Crippen LogP contribution in [-0.2, 0) is 9.36 Å². The van der Waals surface area contributed by atoms with Crippen LogP contribution >= 0.6 is 19.2 Å². The van der Waals surface area contributed by atoms with Gasteiger partial charge in [-0.1, -0.05) is 0 Å². The second kappa shape index (κ2) is 4.82. The number of rotatable bonds is 4. The van der Waals surface area contributed by atoms with E-state index in [1.807, 2.05) is 0 Å². The lowest BCUT2D eigenvalue weighted by molar-refractivity contribution is -0.118. The number of alkyl halides is 1. The molecule has 0 radical (unpaired) electrons. The number of hydrogen-bond acceptors (Lipinski definition) is 2. The number of halogens is 1. The maximum atomic E-state index is 10.5. The van der Waals surface area contributed by atoms with E-state index in [4.69, 9.17) is 21.4 Å². The summed E-state index contributed by atoms with van der Waals surface area (Å²) in [5.41, 5.74) is -0.871. The minimum atomic E-state index is -4.08. The fourth-order valence-electron chi connectivity index (χ4n) is 0.428. The molecule has 0 aromatic heterocycles. The predicted molar refractivity (Wildman–Crippen MR) is 45.2 cm³/mol. The van der Waals surface area contributed by atoms with Crippen LogP contribution in [0.3, 0.4) is 0 Å². The van der Waals surface area contributed by atoms with Crippen molar-refractivity contribution in [2.24, 2.45) is 0 Å². The molecule has 72 valence electrons. The normalized spacial score (nSPS) is 14.0. The molecule has 0 fully saturated rings. The van der Waals surface area contributed by atoms with E-state index in [-0.39, 0.29) is 12.4 Å². The largest absolute Gasteiger partial charge is 0.354 e. The lowest BCUT2D eigenvalue weighted by Gasteiger charge is -2.13. The number of nitrogens with one attached hydrogen (secondary N) is 1. The van der Waals surface area contributed by atoms with Gasteiger partial charge in [-0.2, -0.15) is 0 Å². The molecule has 3 N–H and O–H groups in total. The van der Waals surface area contributed by atoms with Crippen LogP contribution < -0.4 is 5.32 Å². The summed E-state index contributed by atoms with van der Waals surface area (Å²) < 4.78 is 10.5. The molecule has 5 nitrogen and oxygen atoms in total. The molecule has 0 saturated heterocycles. The molecule has 1 amide bonds. The Hall–Kier alpha value is -0.0900. The lowest BCUT2D eigenvalue weighted by atomic mass is 10.4. The molecule has 0 aliphatic heterocycles. The number of amides is 1. The summed E-state index contributed by atoms with van der Waals surface area (Å²) in [6.45, 7) is 1.30. The van der Waals surface area contributed by atoms with Gasteiger partial charge < -0.3 is 15.1 Å². The topological polar surface area (TPSA) is 86.6 Å². The van der Waals surface area contributed by atoms with Crippen LogP contribution in [0, 0.1) is 0 Å². The number of carbonyl (C=O) groups excluding carboxylic acids is 1. The Morgan fingerprint density at radius 2 is 2.17 bits per heavy atom. The van der Waals surface area contributed by atoms with Crippen molar-refractivity contribution in [2.45, 2.75) is 12.6 Å². The van der Waals surface area contributed by atoms with Crippen molar-refractivity contribution in [3.63, 3.8) is 0 Å². The number of hydrogen-bond donors (Lipinski definition) is 3. The van der Waals surface area contributed by atoms with Crippen molar-refractivity contribution in [2.75, 3.05) is 12.4 Å². The summed E-state index contributed by atoms with van der Waals surface area (Å²) in [5.74, 6) is -0.634. The van der Waals surface area contributed by atoms with E-state index in [0.29, 0.717) is 0 Å². The molecule has 0 saturated carbocycles. The van der Waals surface area contributed by atoms with Gasteiger partial charge in [0.1, 0.15) is 5.88 Å². The van der Waals surface area contributed by atoms with Gasteiger partial charge >= 0.3 is 7.60 Å². The van der Waals surface area contributed by atoms with Crippen molar-refractivity contribution < 1.29 is 19.1 Å². The standard InChI is InChI=1S/C5H11ClNO4P/c1-4(12(9,10)11)3-7-5(8)2-6/h4H,2-3H2,1H3,(H,7,8)(H2,9,10,11). The van der Waals surface area contributed by atoms with Crippen LogP contribution in [-0.4, -0.2) is 33.8 Å².